The van der Waals surface area contributed by atoms with Gasteiger partial charge in [0.2, 0.25) is 0 Å². The first-order valence-electron chi connectivity index (χ1n) is 7.54. The van der Waals surface area contributed by atoms with E-state index in [9.17, 15) is 4.79 Å². The second-order valence-corrected chi connectivity index (χ2v) is 6.31. The zero-order valence-electron chi connectivity index (χ0n) is 13.0. The lowest BCUT2D eigenvalue weighted by Crippen LogP contribution is -2.53. The average molecular weight is 310 g/mol. The van der Waals surface area contributed by atoms with E-state index < -0.39 is 0 Å². The molecule has 1 fully saturated rings. The fourth-order valence-corrected chi connectivity index (χ4v) is 2.57. The summed E-state index contributed by atoms with van der Waals surface area (Å²) in [5.74, 6) is 0.443. The van der Waals surface area contributed by atoms with E-state index in [1.54, 1.807) is 0 Å². The van der Waals surface area contributed by atoms with Crippen LogP contribution in [0.25, 0.3) is 0 Å². The molecule has 0 aromatic heterocycles. The van der Waals surface area contributed by atoms with Gasteiger partial charge < -0.3 is 15.1 Å². The van der Waals surface area contributed by atoms with Crippen molar-refractivity contribution in [2.75, 3.05) is 31.1 Å². The highest BCUT2D eigenvalue weighted by Crippen LogP contribution is 2.25. The second kappa shape index (κ2) is 7.03. The number of carbonyl (C=O) groups is 1. The smallest absolute Gasteiger partial charge is 0.317 e. The molecule has 21 heavy (non-hydrogen) atoms. The molecule has 1 N–H and O–H groups in total. The maximum Gasteiger partial charge on any atom is 0.317 e. The predicted octanol–water partition coefficient (Wildman–Crippen LogP) is 3.22. The Kier molecular flexibility index (Phi) is 5.34. The molecule has 0 aliphatic carbocycles. The highest BCUT2D eigenvalue weighted by Gasteiger charge is 2.23. The number of para-hydroxylation sites is 1. The predicted molar refractivity (Wildman–Crippen MR) is 88.1 cm³/mol. The molecule has 1 aliphatic heterocycles. The molecule has 1 unspecified atom stereocenters. The van der Waals surface area contributed by atoms with E-state index in [0.717, 1.165) is 36.9 Å². The van der Waals surface area contributed by atoms with E-state index in [4.69, 9.17) is 11.6 Å². The number of urea groups is 1. The van der Waals surface area contributed by atoms with E-state index in [2.05, 4.69) is 24.1 Å². The molecular weight excluding hydrogens is 286 g/mol. The van der Waals surface area contributed by atoms with E-state index in [1.165, 1.54) is 0 Å². The number of hydrogen-bond acceptors (Lipinski definition) is 2. The van der Waals surface area contributed by atoms with Crippen molar-refractivity contribution in [2.45, 2.75) is 26.8 Å². The first-order valence-corrected chi connectivity index (χ1v) is 7.91. The van der Waals surface area contributed by atoms with Gasteiger partial charge in [-0.1, -0.05) is 37.6 Å². The summed E-state index contributed by atoms with van der Waals surface area (Å²) in [5, 5.41) is 3.82. The van der Waals surface area contributed by atoms with Gasteiger partial charge in [0, 0.05) is 32.2 Å². The Morgan fingerprint density at radius 1 is 1.14 bits per heavy atom. The van der Waals surface area contributed by atoms with Gasteiger partial charge in [-0.3, -0.25) is 0 Å². The van der Waals surface area contributed by atoms with Crippen molar-refractivity contribution in [1.82, 2.24) is 10.2 Å². The minimum absolute atomic E-state index is 0.0370. The number of piperazine rings is 1. The summed E-state index contributed by atoms with van der Waals surface area (Å²) >= 11 is 6.23. The molecule has 2 amide bonds. The summed E-state index contributed by atoms with van der Waals surface area (Å²) in [4.78, 5) is 16.3. The first-order chi connectivity index (χ1) is 9.99. The molecule has 1 heterocycles. The Balaban J connectivity index is 1.89. The number of rotatable bonds is 3. The maximum absolute atomic E-state index is 12.2. The lowest BCUT2D eigenvalue weighted by Gasteiger charge is -2.37. The van der Waals surface area contributed by atoms with Crippen LogP contribution in [-0.2, 0) is 0 Å². The Labute approximate surface area is 132 Å². The third-order valence-electron chi connectivity index (χ3n) is 4.11. The number of hydrogen-bond donors (Lipinski definition) is 1. The third kappa shape index (κ3) is 4.03. The molecule has 1 atom stereocenters. The molecule has 2 rings (SSSR count). The molecule has 0 saturated carbocycles. The van der Waals surface area contributed by atoms with E-state index in [-0.39, 0.29) is 12.1 Å². The molecule has 0 bridgehead atoms. The SMILES string of the molecule is CC(C)C(C)NC(=O)N1CCN(c2ccccc2Cl)CC1. The Morgan fingerprint density at radius 3 is 2.33 bits per heavy atom. The van der Waals surface area contributed by atoms with E-state index in [1.807, 2.05) is 36.1 Å². The highest BCUT2D eigenvalue weighted by atomic mass is 35.5. The zero-order valence-corrected chi connectivity index (χ0v) is 13.7. The number of nitrogens with zero attached hydrogens (tertiary/aromatic N) is 2. The van der Waals surface area contributed by atoms with Crippen LogP contribution in [0.4, 0.5) is 10.5 Å². The molecule has 5 heteroatoms. The number of nitrogens with one attached hydrogen (secondary N) is 1. The number of halogens is 1. The molecule has 4 nitrogen and oxygen atoms in total. The molecule has 0 radical (unpaired) electrons. The van der Waals surface area contributed by atoms with Crippen molar-refractivity contribution < 1.29 is 4.79 Å². The maximum atomic E-state index is 12.2. The number of benzene rings is 1. The quantitative estimate of drug-likeness (QED) is 0.930. The minimum Gasteiger partial charge on any atom is -0.367 e. The van der Waals surface area contributed by atoms with Gasteiger partial charge in [-0.15, -0.1) is 0 Å². The Morgan fingerprint density at radius 2 is 1.76 bits per heavy atom. The first kappa shape index (κ1) is 16.0. The van der Waals surface area contributed by atoms with Gasteiger partial charge in [0.25, 0.3) is 0 Å². The van der Waals surface area contributed by atoms with E-state index >= 15 is 0 Å². The number of anilines is 1. The fourth-order valence-electron chi connectivity index (χ4n) is 2.31. The van der Waals surface area contributed by atoms with Gasteiger partial charge in [-0.05, 0) is 25.0 Å². The van der Waals surface area contributed by atoms with Crippen LogP contribution in [0, 0.1) is 5.92 Å². The molecule has 0 spiro atoms. The number of amides is 2. The van der Waals surface area contributed by atoms with Crippen molar-refractivity contribution in [3.8, 4) is 0 Å². The highest BCUT2D eigenvalue weighted by molar-refractivity contribution is 6.33. The summed E-state index contributed by atoms with van der Waals surface area (Å²) in [5.41, 5.74) is 1.05. The molecule has 1 aromatic rings. The Bertz CT molecular complexity index is 484. The van der Waals surface area contributed by atoms with Gasteiger partial charge in [0.15, 0.2) is 0 Å². The molecule has 116 valence electrons. The summed E-state index contributed by atoms with van der Waals surface area (Å²) in [6, 6.07) is 8.08. The summed E-state index contributed by atoms with van der Waals surface area (Å²) in [6.07, 6.45) is 0. The van der Waals surface area contributed by atoms with Crippen LogP contribution in [0.1, 0.15) is 20.8 Å². The van der Waals surface area contributed by atoms with Crippen molar-refractivity contribution in [2.24, 2.45) is 5.92 Å². The summed E-state index contributed by atoms with van der Waals surface area (Å²) in [6.45, 7) is 9.34. The molecule has 1 saturated heterocycles. The monoisotopic (exact) mass is 309 g/mol. The van der Waals surface area contributed by atoms with Gasteiger partial charge in [-0.25, -0.2) is 4.79 Å². The molecule has 1 aromatic carbocycles. The van der Waals surface area contributed by atoms with Crippen molar-refractivity contribution in [1.29, 1.82) is 0 Å². The average Bonchev–Trinajstić information content (AvgIpc) is 2.47. The fraction of sp³-hybridized carbons (Fsp3) is 0.562. The van der Waals surface area contributed by atoms with Crippen LogP contribution in [0.15, 0.2) is 24.3 Å². The van der Waals surface area contributed by atoms with Gasteiger partial charge in [-0.2, -0.15) is 0 Å². The Hall–Kier alpha value is -1.42. The van der Waals surface area contributed by atoms with Crippen molar-refractivity contribution >= 4 is 23.3 Å². The molecule has 1 aliphatic rings. The van der Waals surface area contributed by atoms with Crippen LogP contribution in [0.3, 0.4) is 0 Å². The van der Waals surface area contributed by atoms with E-state index in [0.29, 0.717) is 5.92 Å². The minimum atomic E-state index is 0.0370. The van der Waals surface area contributed by atoms with Gasteiger partial charge in [0.1, 0.15) is 0 Å². The van der Waals surface area contributed by atoms with Crippen LogP contribution in [0.2, 0.25) is 5.02 Å². The van der Waals surface area contributed by atoms with Crippen molar-refractivity contribution in [3.63, 3.8) is 0 Å². The normalized spacial score (nSPS) is 17.0. The van der Waals surface area contributed by atoms with Crippen LogP contribution < -0.4 is 10.2 Å². The largest absolute Gasteiger partial charge is 0.367 e. The van der Waals surface area contributed by atoms with Crippen LogP contribution >= 0.6 is 11.6 Å². The van der Waals surface area contributed by atoms with Crippen LogP contribution in [-0.4, -0.2) is 43.2 Å². The summed E-state index contributed by atoms with van der Waals surface area (Å²) in [7, 11) is 0. The van der Waals surface area contributed by atoms with Gasteiger partial charge >= 0.3 is 6.03 Å². The lowest BCUT2D eigenvalue weighted by molar-refractivity contribution is 0.188. The van der Waals surface area contributed by atoms with Crippen LogP contribution in [0.5, 0.6) is 0 Å². The molecular formula is C16H24ClN3O. The summed E-state index contributed by atoms with van der Waals surface area (Å²) < 4.78 is 0. The third-order valence-corrected chi connectivity index (χ3v) is 4.43. The number of carbonyl (C=O) groups excluding carboxylic acids is 1. The van der Waals surface area contributed by atoms with Gasteiger partial charge in [0.05, 0.1) is 10.7 Å². The lowest BCUT2D eigenvalue weighted by atomic mass is 10.1. The zero-order chi connectivity index (χ0) is 15.4. The second-order valence-electron chi connectivity index (χ2n) is 5.91. The topological polar surface area (TPSA) is 35.6 Å². The van der Waals surface area contributed by atoms with Crippen molar-refractivity contribution in [3.05, 3.63) is 29.3 Å². The standard InChI is InChI=1S/C16H24ClN3O/c1-12(2)13(3)18-16(21)20-10-8-19(9-11-20)15-7-5-4-6-14(15)17/h4-7,12-13H,8-11H2,1-3H3,(H,18,21).